The summed E-state index contributed by atoms with van der Waals surface area (Å²) < 4.78 is 0.723. The van der Waals surface area contributed by atoms with Gasteiger partial charge in [-0.2, -0.15) is 0 Å². The van der Waals surface area contributed by atoms with Crippen LogP contribution in [-0.2, 0) is 0 Å². The van der Waals surface area contributed by atoms with E-state index in [2.05, 4.69) is 0 Å². The third-order valence-corrected chi connectivity index (χ3v) is 7.39. The number of hydrogen-bond donors (Lipinski definition) is 2. The molecule has 3 aromatic rings. The van der Waals surface area contributed by atoms with Crippen LogP contribution in [0.2, 0.25) is 0 Å². The Morgan fingerprint density at radius 2 is 1.30 bits per heavy atom. The molecule has 0 bridgehead atoms. The summed E-state index contributed by atoms with van der Waals surface area (Å²) in [6.45, 7) is 0. The van der Waals surface area contributed by atoms with Crippen LogP contribution in [0.15, 0.2) is 35.0 Å². The molecule has 104 valence electrons. The fourth-order valence-electron chi connectivity index (χ4n) is 1.83. The first-order valence-electron chi connectivity index (χ1n) is 5.73. The summed E-state index contributed by atoms with van der Waals surface area (Å²) in [5.74, 6) is 0. The minimum atomic E-state index is -0.711. The molecule has 0 amide bonds. The topological polar surface area (TPSA) is 40.5 Å². The van der Waals surface area contributed by atoms with Crippen molar-refractivity contribution in [2.24, 2.45) is 0 Å². The smallest absolute Gasteiger partial charge is 0.144 e. The minimum absolute atomic E-state index is 0.711. The maximum Gasteiger partial charge on any atom is 0.144 e. The Bertz CT molecular complexity index is 663. The van der Waals surface area contributed by atoms with E-state index in [1.54, 1.807) is 0 Å². The molecule has 3 heterocycles. The third-order valence-electron chi connectivity index (χ3n) is 2.75. The summed E-state index contributed by atoms with van der Waals surface area (Å²) in [5, 5.41) is 24.8. The van der Waals surface area contributed by atoms with Crippen LogP contribution in [0.25, 0.3) is 0 Å². The molecule has 0 spiro atoms. The van der Waals surface area contributed by atoms with Crippen molar-refractivity contribution in [1.82, 2.24) is 0 Å². The molecule has 2 unspecified atom stereocenters. The predicted octanol–water partition coefficient (Wildman–Crippen LogP) is 4.83. The fourth-order valence-corrected chi connectivity index (χ4v) is 6.17. The first-order valence-corrected chi connectivity index (χ1v) is 9.53. The van der Waals surface area contributed by atoms with Crippen LogP contribution >= 0.6 is 57.6 Å². The number of hydrogen-bond acceptors (Lipinski definition) is 7. The Morgan fingerprint density at radius 3 is 1.65 bits per heavy atom. The van der Waals surface area contributed by atoms with Crippen molar-refractivity contribution in [2.45, 2.75) is 12.2 Å². The molecule has 0 saturated carbocycles. The van der Waals surface area contributed by atoms with E-state index in [1.165, 1.54) is 45.3 Å². The van der Waals surface area contributed by atoms with Gasteiger partial charge in [-0.1, -0.05) is 24.4 Å². The van der Waals surface area contributed by atoms with Crippen molar-refractivity contribution in [2.75, 3.05) is 0 Å². The Morgan fingerprint density at radius 1 is 0.850 bits per heavy atom. The van der Waals surface area contributed by atoms with E-state index in [-0.39, 0.29) is 0 Å². The van der Waals surface area contributed by atoms with Crippen molar-refractivity contribution in [3.05, 3.63) is 57.7 Å². The van der Waals surface area contributed by atoms with Crippen molar-refractivity contribution in [1.29, 1.82) is 0 Å². The molecule has 20 heavy (non-hydrogen) atoms. The Kier molecular flexibility index (Phi) is 4.46. The average Bonchev–Trinajstić information content (AvgIpc) is 3.18. The first kappa shape index (κ1) is 14.5. The molecule has 0 aliphatic carbocycles. The second kappa shape index (κ2) is 6.15. The average molecular weight is 359 g/mol. The van der Waals surface area contributed by atoms with Gasteiger partial charge < -0.3 is 10.2 Å². The van der Waals surface area contributed by atoms with E-state index < -0.39 is 12.2 Å². The SMILES string of the molecule is OC(c1cccs1)c1sc(=S)sc1C(O)c1cccs1. The van der Waals surface area contributed by atoms with E-state index in [0.717, 1.165) is 22.6 Å². The lowest BCUT2D eigenvalue weighted by atomic mass is 10.1. The Hall–Kier alpha value is -0.410. The van der Waals surface area contributed by atoms with Gasteiger partial charge in [0, 0.05) is 9.75 Å². The van der Waals surface area contributed by atoms with Gasteiger partial charge >= 0.3 is 0 Å². The highest BCUT2D eigenvalue weighted by molar-refractivity contribution is 7.76. The Labute approximate surface area is 137 Å². The van der Waals surface area contributed by atoms with Crippen LogP contribution in [0, 0.1) is 3.14 Å². The molecule has 0 saturated heterocycles. The predicted molar refractivity (Wildman–Crippen MR) is 89.8 cm³/mol. The fraction of sp³-hybridized carbons (Fsp3) is 0.154. The molecule has 3 rings (SSSR count). The Balaban J connectivity index is 2.02. The van der Waals surface area contributed by atoms with Gasteiger partial charge in [-0.3, -0.25) is 0 Å². The highest BCUT2D eigenvalue weighted by Gasteiger charge is 2.24. The molecule has 0 fully saturated rings. The van der Waals surface area contributed by atoms with Crippen molar-refractivity contribution in [3.63, 3.8) is 0 Å². The molecule has 2 atom stereocenters. The van der Waals surface area contributed by atoms with Gasteiger partial charge in [-0.25, -0.2) is 0 Å². The van der Waals surface area contributed by atoms with Gasteiger partial charge in [0.25, 0.3) is 0 Å². The molecule has 2 N–H and O–H groups in total. The van der Waals surface area contributed by atoms with E-state index >= 15 is 0 Å². The highest BCUT2D eigenvalue weighted by atomic mass is 32.2. The van der Waals surface area contributed by atoms with Crippen LogP contribution in [-0.4, -0.2) is 10.2 Å². The van der Waals surface area contributed by atoms with Gasteiger partial charge in [0.2, 0.25) is 0 Å². The lowest BCUT2D eigenvalue weighted by Gasteiger charge is -2.12. The molecular weight excluding hydrogens is 348 g/mol. The first-order chi connectivity index (χ1) is 9.66. The zero-order chi connectivity index (χ0) is 14.1. The molecule has 0 radical (unpaired) electrons. The van der Waals surface area contributed by atoms with Crippen LogP contribution in [0.1, 0.15) is 31.7 Å². The van der Waals surface area contributed by atoms with Crippen molar-refractivity contribution < 1.29 is 10.2 Å². The summed E-state index contributed by atoms with van der Waals surface area (Å²) in [6, 6.07) is 7.60. The molecule has 7 heteroatoms. The normalized spacial score (nSPS) is 14.3. The van der Waals surface area contributed by atoms with E-state index in [4.69, 9.17) is 12.2 Å². The van der Waals surface area contributed by atoms with Crippen molar-refractivity contribution >= 4 is 57.6 Å². The second-order valence-electron chi connectivity index (χ2n) is 4.02. The number of rotatable bonds is 4. The summed E-state index contributed by atoms with van der Waals surface area (Å²) in [4.78, 5) is 3.24. The maximum absolute atomic E-state index is 10.5. The zero-order valence-corrected chi connectivity index (χ0v) is 14.1. The van der Waals surface area contributed by atoms with Gasteiger partial charge in [-0.15, -0.1) is 45.3 Å². The standard InChI is InChI=1S/C13H10O2S5/c14-9(7-3-1-5-17-7)11-12(20-13(16)19-11)10(15)8-4-2-6-18-8/h1-6,9-10,14-15H. The number of thiophene rings is 2. The number of aliphatic hydroxyl groups excluding tert-OH is 2. The van der Waals surface area contributed by atoms with Gasteiger partial charge in [0.05, 0.1) is 9.75 Å². The second-order valence-corrected chi connectivity index (χ2v) is 9.26. The molecule has 3 aromatic heterocycles. The summed E-state index contributed by atoms with van der Waals surface area (Å²) >= 11 is 11.0. The molecule has 0 aromatic carbocycles. The number of aliphatic hydroxyl groups is 2. The van der Waals surface area contributed by atoms with Gasteiger partial charge in [-0.05, 0) is 22.9 Å². The molecule has 2 nitrogen and oxygen atoms in total. The lowest BCUT2D eigenvalue weighted by molar-refractivity contribution is 0.207. The third kappa shape index (κ3) is 2.80. The van der Waals surface area contributed by atoms with Crippen LogP contribution in [0.4, 0.5) is 0 Å². The zero-order valence-electron chi connectivity index (χ0n) is 10.1. The minimum Gasteiger partial charge on any atom is -0.382 e. The largest absolute Gasteiger partial charge is 0.382 e. The van der Waals surface area contributed by atoms with Crippen molar-refractivity contribution in [3.8, 4) is 0 Å². The summed E-state index contributed by atoms with van der Waals surface area (Å²) in [6.07, 6.45) is -1.42. The molecular formula is C13H10O2S5. The quantitative estimate of drug-likeness (QED) is 0.657. The highest BCUT2D eigenvalue weighted by Crippen LogP contribution is 2.41. The maximum atomic E-state index is 10.5. The van der Waals surface area contributed by atoms with Crippen LogP contribution in [0.5, 0.6) is 0 Å². The van der Waals surface area contributed by atoms with Gasteiger partial charge in [0.15, 0.2) is 0 Å². The van der Waals surface area contributed by atoms with E-state index in [1.807, 2.05) is 35.0 Å². The summed E-state index contributed by atoms with van der Waals surface area (Å²) in [7, 11) is 0. The van der Waals surface area contributed by atoms with Crippen LogP contribution < -0.4 is 0 Å². The monoisotopic (exact) mass is 358 g/mol. The van der Waals surface area contributed by atoms with E-state index in [9.17, 15) is 10.2 Å². The lowest BCUT2D eigenvalue weighted by Crippen LogP contribution is -2.02. The van der Waals surface area contributed by atoms with Gasteiger partial charge in [0.1, 0.15) is 15.3 Å². The molecule has 0 aliphatic heterocycles. The van der Waals surface area contributed by atoms with Crippen LogP contribution in [0.3, 0.4) is 0 Å². The van der Waals surface area contributed by atoms with E-state index in [0.29, 0.717) is 0 Å². The summed E-state index contributed by atoms with van der Waals surface area (Å²) in [5.41, 5.74) is 0. The molecule has 0 aliphatic rings.